The fourth-order valence-corrected chi connectivity index (χ4v) is 5.13. The van der Waals surface area contributed by atoms with Crippen molar-refractivity contribution in [3.8, 4) is 11.5 Å². The van der Waals surface area contributed by atoms with E-state index in [-0.39, 0.29) is 11.8 Å². The Kier molecular flexibility index (Phi) is 7.59. The molecule has 1 heterocycles. The predicted molar refractivity (Wildman–Crippen MR) is 145 cm³/mol. The first-order valence-corrected chi connectivity index (χ1v) is 13.1. The third-order valence-electron chi connectivity index (χ3n) is 6.76. The molecule has 6 nitrogen and oxygen atoms in total. The highest BCUT2D eigenvalue weighted by molar-refractivity contribution is 7.98. The summed E-state index contributed by atoms with van der Waals surface area (Å²) < 4.78 is 11.0. The molecule has 1 N–H and O–H groups in total. The normalized spacial score (nSPS) is 17.1. The molecule has 0 aliphatic carbocycles. The number of carbonyl (C=O) groups is 2. The SMILES string of the molecule is COc1cc2c(cc1OC)[C@H](C(=O)Nc1ccc(C(C)C)cc1)[C@H](c1ccc(SC)cc1)N(C)C2=O. The van der Waals surface area contributed by atoms with E-state index in [2.05, 4.69) is 19.2 Å². The van der Waals surface area contributed by atoms with Gasteiger partial charge in [-0.2, -0.15) is 0 Å². The van der Waals surface area contributed by atoms with Gasteiger partial charge in [0.25, 0.3) is 5.91 Å². The quantitative estimate of drug-likeness (QED) is 0.394. The van der Waals surface area contributed by atoms with Crippen LogP contribution in [0.25, 0.3) is 0 Å². The summed E-state index contributed by atoms with van der Waals surface area (Å²) in [5.41, 5.74) is 3.85. The lowest BCUT2D eigenvalue weighted by Gasteiger charge is -2.40. The number of hydrogen-bond donors (Lipinski definition) is 1. The van der Waals surface area contributed by atoms with Crippen molar-refractivity contribution in [1.29, 1.82) is 0 Å². The number of rotatable bonds is 7. The maximum Gasteiger partial charge on any atom is 0.254 e. The molecule has 0 unspecified atom stereocenters. The van der Waals surface area contributed by atoms with E-state index in [1.807, 2.05) is 54.8 Å². The van der Waals surface area contributed by atoms with Gasteiger partial charge in [0, 0.05) is 23.2 Å². The number of ether oxygens (including phenoxy) is 2. The van der Waals surface area contributed by atoms with Crippen LogP contribution in [0.2, 0.25) is 0 Å². The summed E-state index contributed by atoms with van der Waals surface area (Å²) in [7, 11) is 4.82. The van der Waals surface area contributed by atoms with E-state index < -0.39 is 12.0 Å². The number of nitrogens with zero attached hydrogens (tertiary/aromatic N) is 1. The molecule has 1 aliphatic rings. The molecule has 3 aromatic carbocycles. The highest BCUT2D eigenvalue weighted by atomic mass is 32.2. The molecule has 0 radical (unpaired) electrons. The Hall–Kier alpha value is -3.45. The topological polar surface area (TPSA) is 67.9 Å². The van der Waals surface area contributed by atoms with E-state index >= 15 is 0 Å². The number of fused-ring (bicyclic) bond motifs is 1. The molecule has 0 bridgehead atoms. The van der Waals surface area contributed by atoms with Crippen molar-refractivity contribution in [2.45, 2.75) is 36.6 Å². The first kappa shape index (κ1) is 25.6. The smallest absolute Gasteiger partial charge is 0.254 e. The number of likely N-dealkylation sites (N-methyl/N-ethyl adjacent to an activating group) is 1. The van der Waals surface area contributed by atoms with Gasteiger partial charge in [-0.05, 0) is 65.3 Å². The Morgan fingerprint density at radius 2 is 1.58 bits per heavy atom. The fourth-order valence-electron chi connectivity index (χ4n) is 4.72. The van der Waals surface area contributed by atoms with Crippen molar-refractivity contribution < 1.29 is 19.1 Å². The molecular formula is C29H32N2O4S. The van der Waals surface area contributed by atoms with Crippen LogP contribution in [0.5, 0.6) is 11.5 Å². The van der Waals surface area contributed by atoms with E-state index in [9.17, 15) is 9.59 Å². The van der Waals surface area contributed by atoms with E-state index in [1.54, 1.807) is 43.0 Å². The lowest BCUT2D eigenvalue weighted by molar-refractivity contribution is -0.119. The molecule has 0 saturated carbocycles. The van der Waals surface area contributed by atoms with Crippen LogP contribution in [0.1, 0.15) is 58.8 Å². The summed E-state index contributed by atoms with van der Waals surface area (Å²) in [6.45, 7) is 4.27. The molecule has 188 valence electrons. The second-order valence-electron chi connectivity index (χ2n) is 9.17. The van der Waals surface area contributed by atoms with Crippen LogP contribution in [-0.2, 0) is 4.79 Å². The average Bonchev–Trinajstić information content (AvgIpc) is 2.90. The summed E-state index contributed by atoms with van der Waals surface area (Å²) in [4.78, 5) is 30.2. The Morgan fingerprint density at radius 3 is 2.14 bits per heavy atom. The predicted octanol–water partition coefficient (Wildman–Crippen LogP) is 6.10. The van der Waals surface area contributed by atoms with Crippen molar-refractivity contribution in [2.75, 3.05) is 32.8 Å². The Balaban J connectivity index is 1.82. The molecule has 3 aromatic rings. The summed E-state index contributed by atoms with van der Waals surface area (Å²) in [6, 6.07) is 18.8. The van der Waals surface area contributed by atoms with E-state index in [0.29, 0.717) is 34.2 Å². The lowest BCUT2D eigenvalue weighted by Crippen LogP contribution is -2.44. The molecule has 0 spiro atoms. The van der Waals surface area contributed by atoms with Crippen molar-refractivity contribution in [2.24, 2.45) is 0 Å². The van der Waals surface area contributed by atoms with E-state index in [1.165, 1.54) is 12.7 Å². The van der Waals surface area contributed by atoms with Gasteiger partial charge in [-0.15, -0.1) is 11.8 Å². The van der Waals surface area contributed by atoms with Crippen LogP contribution >= 0.6 is 11.8 Å². The first-order valence-electron chi connectivity index (χ1n) is 11.9. The second-order valence-corrected chi connectivity index (χ2v) is 10.1. The minimum atomic E-state index is -0.660. The summed E-state index contributed by atoms with van der Waals surface area (Å²) in [5.74, 6) is 0.297. The van der Waals surface area contributed by atoms with Crippen molar-refractivity contribution in [3.63, 3.8) is 0 Å². The fraction of sp³-hybridized carbons (Fsp3) is 0.310. The zero-order valence-corrected chi connectivity index (χ0v) is 22.3. The number of thioether (sulfide) groups is 1. The zero-order valence-electron chi connectivity index (χ0n) is 21.5. The summed E-state index contributed by atoms with van der Waals surface area (Å²) >= 11 is 1.64. The average molecular weight is 505 g/mol. The number of nitrogens with one attached hydrogen (secondary N) is 1. The van der Waals surface area contributed by atoms with Gasteiger partial charge in [0.05, 0.1) is 26.2 Å². The second kappa shape index (κ2) is 10.7. The molecule has 4 rings (SSSR count). The molecular weight excluding hydrogens is 472 g/mol. The summed E-state index contributed by atoms with van der Waals surface area (Å²) in [6.07, 6.45) is 2.02. The number of methoxy groups -OCH3 is 2. The van der Waals surface area contributed by atoms with Crippen LogP contribution in [0.3, 0.4) is 0 Å². The molecule has 0 aromatic heterocycles. The van der Waals surface area contributed by atoms with Crippen molar-refractivity contribution in [3.05, 3.63) is 82.9 Å². The Labute approximate surface area is 217 Å². The first-order chi connectivity index (χ1) is 17.3. The maximum absolute atomic E-state index is 13.9. The van der Waals surface area contributed by atoms with Gasteiger partial charge in [-0.25, -0.2) is 0 Å². The monoisotopic (exact) mass is 504 g/mol. The largest absolute Gasteiger partial charge is 0.493 e. The third kappa shape index (κ3) is 4.80. The van der Waals surface area contributed by atoms with E-state index in [0.717, 1.165) is 10.5 Å². The molecule has 0 fully saturated rings. The third-order valence-corrected chi connectivity index (χ3v) is 7.50. The van der Waals surface area contributed by atoms with Gasteiger partial charge in [0.1, 0.15) is 0 Å². The van der Waals surface area contributed by atoms with Crippen LogP contribution < -0.4 is 14.8 Å². The molecule has 2 amide bonds. The minimum absolute atomic E-state index is 0.171. The highest BCUT2D eigenvalue weighted by Gasteiger charge is 2.43. The summed E-state index contributed by atoms with van der Waals surface area (Å²) in [5, 5.41) is 3.09. The molecule has 2 atom stereocenters. The molecule has 7 heteroatoms. The van der Waals surface area contributed by atoms with Crippen molar-refractivity contribution >= 4 is 29.3 Å². The van der Waals surface area contributed by atoms with Crippen LogP contribution in [0, 0.1) is 0 Å². The Morgan fingerprint density at radius 1 is 0.972 bits per heavy atom. The zero-order chi connectivity index (χ0) is 26.0. The van der Waals surface area contributed by atoms with Gasteiger partial charge >= 0.3 is 0 Å². The van der Waals surface area contributed by atoms with Gasteiger partial charge in [0.2, 0.25) is 5.91 Å². The molecule has 0 saturated heterocycles. The highest BCUT2D eigenvalue weighted by Crippen LogP contribution is 2.46. The number of anilines is 1. The van der Waals surface area contributed by atoms with Gasteiger partial charge in [0.15, 0.2) is 11.5 Å². The van der Waals surface area contributed by atoms with Gasteiger partial charge in [-0.1, -0.05) is 38.1 Å². The van der Waals surface area contributed by atoms with Crippen LogP contribution in [0.4, 0.5) is 5.69 Å². The number of carbonyl (C=O) groups excluding carboxylic acids is 2. The van der Waals surface area contributed by atoms with Crippen LogP contribution in [-0.4, -0.2) is 44.2 Å². The maximum atomic E-state index is 13.9. The molecule has 36 heavy (non-hydrogen) atoms. The number of hydrogen-bond acceptors (Lipinski definition) is 5. The van der Waals surface area contributed by atoms with Gasteiger partial charge < -0.3 is 19.7 Å². The number of amides is 2. The molecule has 1 aliphatic heterocycles. The number of benzene rings is 3. The van der Waals surface area contributed by atoms with Gasteiger partial charge in [-0.3, -0.25) is 9.59 Å². The lowest BCUT2D eigenvalue weighted by atomic mass is 9.79. The van der Waals surface area contributed by atoms with Crippen molar-refractivity contribution in [1.82, 2.24) is 4.90 Å². The standard InChI is InChI=1S/C29H32N2O4S/c1-17(2)18-7-11-20(12-8-18)30-28(32)26-22-15-24(34-4)25(35-5)16-23(22)29(33)31(3)27(26)19-9-13-21(36-6)14-10-19/h7-17,26-27H,1-6H3,(H,30,32)/t26-,27-/m0/s1. The minimum Gasteiger partial charge on any atom is -0.493 e. The van der Waals surface area contributed by atoms with Crippen LogP contribution in [0.15, 0.2) is 65.6 Å². The van der Waals surface area contributed by atoms with E-state index in [4.69, 9.17) is 9.47 Å². The Bertz CT molecular complexity index is 1260.